The zero-order valence-corrected chi connectivity index (χ0v) is 15.0. The Balaban J connectivity index is 1.57. The first-order valence-electron chi connectivity index (χ1n) is 9.73. The largest absolute Gasteiger partial charge is 0.204 e. The predicted octanol–water partition coefficient (Wildman–Crippen LogP) is 6.14. The normalized spacial score (nSPS) is 22.4. The van der Waals surface area contributed by atoms with Crippen LogP contribution in [0.25, 0.3) is 0 Å². The molecule has 0 radical (unpaired) electrons. The molecule has 0 amide bonds. The smallest absolute Gasteiger partial charge is 0.159 e. The van der Waals surface area contributed by atoms with Crippen LogP contribution in [0.2, 0.25) is 0 Å². The Kier molecular flexibility index (Phi) is 4.62. The van der Waals surface area contributed by atoms with Crippen molar-refractivity contribution in [1.82, 2.24) is 0 Å². The minimum absolute atomic E-state index is 0.303. The van der Waals surface area contributed by atoms with Crippen LogP contribution in [0.4, 0.5) is 8.78 Å². The van der Waals surface area contributed by atoms with Crippen LogP contribution in [0.5, 0.6) is 0 Å². The highest BCUT2D eigenvalue weighted by atomic mass is 19.2. The first kappa shape index (κ1) is 16.8. The van der Waals surface area contributed by atoms with E-state index in [9.17, 15) is 8.78 Å². The van der Waals surface area contributed by atoms with E-state index in [1.54, 1.807) is 22.8 Å². The van der Waals surface area contributed by atoms with Crippen molar-refractivity contribution in [3.05, 3.63) is 69.8 Å². The average molecular weight is 340 g/mol. The van der Waals surface area contributed by atoms with Crippen molar-refractivity contribution in [2.45, 2.75) is 64.2 Å². The number of benzene rings is 2. The lowest BCUT2D eigenvalue weighted by atomic mass is 9.73. The Morgan fingerprint density at radius 1 is 0.880 bits per heavy atom. The third-order valence-corrected chi connectivity index (χ3v) is 6.26. The summed E-state index contributed by atoms with van der Waals surface area (Å²) in [5.41, 5.74) is 7.09. The molecule has 2 unspecified atom stereocenters. The number of rotatable bonds is 3. The van der Waals surface area contributed by atoms with Crippen molar-refractivity contribution in [2.75, 3.05) is 0 Å². The van der Waals surface area contributed by atoms with E-state index >= 15 is 0 Å². The van der Waals surface area contributed by atoms with E-state index < -0.39 is 11.6 Å². The highest BCUT2D eigenvalue weighted by Gasteiger charge is 2.27. The molecule has 0 saturated heterocycles. The summed E-state index contributed by atoms with van der Waals surface area (Å²) >= 11 is 0. The van der Waals surface area contributed by atoms with Gasteiger partial charge in [-0.25, -0.2) is 8.78 Å². The summed E-state index contributed by atoms with van der Waals surface area (Å²) in [4.78, 5) is 0. The van der Waals surface area contributed by atoms with Crippen LogP contribution in [0.1, 0.15) is 66.3 Å². The van der Waals surface area contributed by atoms with Gasteiger partial charge in [0.15, 0.2) is 11.6 Å². The lowest BCUT2D eigenvalue weighted by Gasteiger charge is -2.32. The Labute approximate surface area is 149 Å². The Morgan fingerprint density at radius 2 is 1.60 bits per heavy atom. The van der Waals surface area contributed by atoms with Gasteiger partial charge >= 0.3 is 0 Å². The van der Waals surface area contributed by atoms with E-state index in [1.807, 2.05) is 0 Å². The van der Waals surface area contributed by atoms with Crippen molar-refractivity contribution < 1.29 is 8.78 Å². The molecular weight excluding hydrogens is 314 g/mol. The highest BCUT2D eigenvalue weighted by molar-refractivity contribution is 5.45. The molecule has 0 spiro atoms. The van der Waals surface area contributed by atoms with Gasteiger partial charge in [-0.3, -0.25) is 0 Å². The Bertz CT molecular complexity index is 778. The molecule has 132 valence electrons. The van der Waals surface area contributed by atoms with Crippen molar-refractivity contribution in [2.24, 2.45) is 5.92 Å². The highest BCUT2D eigenvalue weighted by Crippen LogP contribution is 2.39. The summed E-state index contributed by atoms with van der Waals surface area (Å²) in [6.45, 7) is 2.28. The monoisotopic (exact) mass is 340 g/mol. The molecule has 0 bridgehead atoms. The topological polar surface area (TPSA) is 0 Å². The molecule has 0 N–H and O–H groups in total. The van der Waals surface area contributed by atoms with Gasteiger partial charge in [-0.05, 0) is 90.3 Å². The molecule has 4 rings (SSSR count). The summed E-state index contributed by atoms with van der Waals surface area (Å²) in [6, 6.07) is 9.04. The molecule has 2 aliphatic carbocycles. The zero-order chi connectivity index (χ0) is 17.4. The van der Waals surface area contributed by atoms with Crippen molar-refractivity contribution in [1.29, 1.82) is 0 Å². The van der Waals surface area contributed by atoms with E-state index in [4.69, 9.17) is 0 Å². The lowest BCUT2D eigenvalue weighted by Crippen LogP contribution is -2.20. The second-order valence-corrected chi connectivity index (χ2v) is 7.85. The summed E-state index contributed by atoms with van der Waals surface area (Å²) in [5.74, 6) is -0.322. The van der Waals surface area contributed by atoms with Gasteiger partial charge < -0.3 is 0 Å². The molecule has 0 saturated carbocycles. The van der Waals surface area contributed by atoms with Gasteiger partial charge in [-0.2, -0.15) is 0 Å². The number of fused-ring (bicyclic) bond motifs is 3. The minimum Gasteiger partial charge on any atom is -0.204 e. The maximum Gasteiger partial charge on any atom is 0.159 e. The molecule has 2 heteroatoms. The molecule has 0 aliphatic heterocycles. The van der Waals surface area contributed by atoms with Gasteiger partial charge in [-0.1, -0.05) is 38.0 Å². The molecule has 0 heterocycles. The summed E-state index contributed by atoms with van der Waals surface area (Å²) in [5, 5.41) is 0. The molecule has 2 atom stereocenters. The minimum atomic E-state index is -0.754. The van der Waals surface area contributed by atoms with Crippen molar-refractivity contribution >= 4 is 0 Å². The van der Waals surface area contributed by atoms with Gasteiger partial charge in [0.1, 0.15) is 0 Å². The van der Waals surface area contributed by atoms with Crippen LogP contribution in [0.3, 0.4) is 0 Å². The Morgan fingerprint density at radius 3 is 2.32 bits per heavy atom. The fourth-order valence-corrected chi connectivity index (χ4v) is 4.95. The second-order valence-electron chi connectivity index (χ2n) is 7.85. The summed E-state index contributed by atoms with van der Waals surface area (Å²) in [6.07, 6.45) is 9.46. The van der Waals surface area contributed by atoms with E-state index in [2.05, 4.69) is 19.1 Å². The molecule has 2 aliphatic rings. The van der Waals surface area contributed by atoms with Crippen LogP contribution >= 0.6 is 0 Å². The Hall–Kier alpha value is -1.70. The van der Waals surface area contributed by atoms with Gasteiger partial charge in [0.2, 0.25) is 0 Å². The number of halogens is 2. The number of hydrogen-bond donors (Lipinski definition) is 0. The van der Waals surface area contributed by atoms with Crippen molar-refractivity contribution in [3.8, 4) is 0 Å². The van der Waals surface area contributed by atoms with E-state index in [1.165, 1.54) is 49.8 Å². The second kappa shape index (κ2) is 6.90. The molecule has 0 nitrogen and oxygen atoms in total. The van der Waals surface area contributed by atoms with Gasteiger partial charge in [0, 0.05) is 0 Å². The van der Waals surface area contributed by atoms with Crippen LogP contribution in [0.15, 0.2) is 30.3 Å². The first-order chi connectivity index (χ1) is 12.2. The van der Waals surface area contributed by atoms with Gasteiger partial charge in [0.05, 0.1) is 0 Å². The quantitative estimate of drug-likeness (QED) is 0.629. The van der Waals surface area contributed by atoms with Crippen LogP contribution in [-0.4, -0.2) is 0 Å². The van der Waals surface area contributed by atoms with Crippen LogP contribution < -0.4 is 0 Å². The molecule has 0 aromatic heterocycles. The van der Waals surface area contributed by atoms with E-state index in [0.717, 1.165) is 30.7 Å². The zero-order valence-electron chi connectivity index (χ0n) is 15.0. The molecule has 25 heavy (non-hydrogen) atoms. The first-order valence-corrected chi connectivity index (χ1v) is 9.73. The molecular formula is C23H26F2. The van der Waals surface area contributed by atoms with Crippen LogP contribution in [0, 0.1) is 17.6 Å². The fraction of sp³-hybridized carbons (Fsp3) is 0.478. The van der Waals surface area contributed by atoms with Crippen LogP contribution in [-0.2, 0) is 25.7 Å². The lowest BCUT2D eigenvalue weighted by molar-refractivity contribution is 0.419. The maximum absolute atomic E-state index is 13.6. The van der Waals surface area contributed by atoms with Crippen molar-refractivity contribution in [3.63, 3.8) is 0 Å². The molecule has 2 aromatic carbocycles. The van der Waals surface area contributed by atoms with Gasteiger partial charge in [0.25, 0.3) is 0 Å². The maximum atomic E-state index is 13.6. The number of hydrogen-bond acceptors (Lipinski definition) is 0. The average Bonchev–Trinajstić information content (AvgIpc) is 2.63. The van der Waals surface area contributed by atoms with Gasteiger partial charge in [-0.15, -0.1) is 0 Å². The summed E-state index contributed by atoms with van der Waals surface area (Å²) in [7, 11) is 0. The fourth-order valence-electron chi connectivity index (χ4n) is 4.95. The SMILES string of the molecule is CCCC1CCc2c(ccc3c2CCC(c2ccc(F)c(F)c2)C3)C1. The standard InChI is InChI=1S/C23H26F2/c1-2-3-15-4-9-20-18(12-15)5-6-19-13-16(7-10-21(19)20)17-8-11-22(24)23(25)14-17/h5-6,8,11,14-16H,2-4,7,9-10,12-13H2,1H3. The third-order valence-electron chi connectivity index (χ3n) is 6.26. The predicted molar refractivity (Wildman–Crippen MR) is 98.0 cm³/mol. The molecule has 0 fully saturated rings. The molecule has 2 aromatic rings. The third kappa shape index (κ3) is 3.23. The van der Waals surface area contributed by atoms with E-state index in [0.29, 0.717) is 5.92 Å². The summed E-state index contributed by atoms with van der Waals surface area (Å²) < 4.78 is 26.8. The van der Waals surface area contributed by atoms with E-state index in [-0.39, 0.29) is 0 Å².